The van der Waals surface area contributed by atoms with Gasteiger partial charge in [0.2, 0.25) is 0 Å². The number of aromatic nitrogens is 2. The van der Waals surface area contributed by atoms with Crippen molar-refractivity contribution in [3.8, 4) is 11.4 Å². The minimum atomic E-state index is -2.92. The zero-order valence-corrected chi connectivity index (χ0v) is 11.3. The van der Waals surface area contributed by atoms with Crippen LogP contribution in [0.25, 0.3) is 16.7 Å². The molecule has 0 saturated heterocycles. The van der Waals surface area contributed by atoms with Gasteiger partial charge in [-0.2, -0.15) is 8.78 Å². The second-order valence-electron chi connectivity index (χ2n) is 4.30. The standard InChI is InChI=1S/C14H9ClF2N2O2/c15-8-4-5-11-12(6-8)19(14(20)18-11)9-2-1-3-10(7-9)21-13(16)17/h1-7,13H,(H,18,20). The van der Waals surface area contributed by atoms with E-state index in [1.54, 1.807) is 24.3 Å². The molecule has 0 fully saturated rings. The summed E-state index contributed by atoms with van der Waals surface area (Å²) in [5.41, 5.74) is 1.18. The number of halogens is 3. The number of hydrogen-bond donors (Lipinski definition) is 1. The van der Waals surface area contributed by atoms with E-state index in [1.807, 2.05) is 0 Å². The third-order valence-corrected chi connectivity index (χ3v) is 3.18. The van der Waals surface area contributed by atoms with Gasteiger partial charge >= 0.3 is 12.3 Å². The van der Waals surface area contributed by atoms with Gasteiger partial charge in [-0.15, -0.1) is 0 Å². The first-order chi connectivity index (χ1) is 10.0. The summed E-state index contributed by atoms with van der Waals surface area (Å²) < 4.78 is 30.2. The highest BCUT2D eigenvalue weighted by Gasteiger charge is 2.11. The molecule has 0 unspecified atom stereocenters. The van der Waals surface area contributed by atoms with Crippen LogP contribution in [0, 0.1) is 0 Å². The Labute approximate surface area is 122 Å². The van der Waals surface area contributed by atoms with E-state index in [-0.39, 0.29) is 11.4 Å². The molecule has 1 aromatic heterocycles. The molecule has 21 heavy (non-hydrogen) atoms. The van der Waals surface area contributed by atoms with Crippen LogP contribution in [0.4, 0.5) is 8.78 Å². The van der Waals surface area contributed by atoms with Crippen LogP contribution in [-0.4, -0.2) is 16.2 Å². The van der Waals surface area contributed by atoms with Gasteiger partial charge in [0, 0.05) is 11.1 Å². The SMILES string of the molecule is O=c1[nH]c2ccc(Cl)cc2n1-c1cccc(OC(F)F)c1. The number of H-pyrrole nitrogens is 1. The lowest BCUT2D eigenvalue weighted by Gasteiger charge is -2.07. The van der Waals surface area contributed by atoms with E-state index in [2.05, 4.69) is 9.72 Å². The Morgan fingerprint density at radius 1 is 1.19 bits per heavy atom. The average molecular weight is 311 g/mol. The highest BCUT2D eigenvalue weighted by molar-refractivity contribution is 6.31. The summed E-state index contributed by atoms with van der Waals surface area (Å²) in [6.07, 6.45) is 0. The average Bonchev–Trinajstić information content (AvgIpc) is 2.73. The number of rotatable bonds is 3. The molecular weight excluding hydrogens is 302 g/mol. The fourth-order valence-corrected chi connectivity index (χ4v) is 2.30. The Hall–Kier alpha value is -2.34. The molecule has 0 bridgehead atoms. The number of ether oxygens (including phenoxy) is 1. The van der Waals surface area contributed by atoms with Crippen molar-refractivity contribution in [3.05, 3.63) is 58.0 Å². The zero-order chi connectivity index (χ0) is 15.0. The maximum Gasteiger partial charge on any atom is 0.387 e. The molecule has 0 spiro atoms. The molecule has 0 amide bonds. The topological polar surface area (TPSA) is 47.0 Å². The highest BCUT2D eigenvalue weighted by Crippen LogP contribution is 2.23. The molecule has 0 atom stereocenters. The molecule has 108 valence electrons. The van der Waals surface area contributed by atoms with Gasteiger partial charge in [0.1, 0.15) is 5.75 Å². The minimum Gasteiger partial charge on any atom is -0.435 e. The van der Waals surface area contributed by atoms with Crippen molar-refractivity contribution in [2.75, 3.05) is 0 Å². The predicted molar refractivity (Wildman–Crippen MR) is 75.5 cm³/mol. The molecule has 2 aromatic carbocycles. The van der Waals surface area contributed by atoms with E-state index in [4.69, 9.17) is 11.6 Å². The summed E-state index contributed by atoms with van der Waals surface area (Å²) >= 11 is 5.93. The van der Waals surface area contributed by atoms with Crippen LogP contribution in [0.5, 0.6) is 5.75 Å². The number of aromatic amines is 1. The van der Waals surface area contributed by atoms with Crippen LogP contribution < -0.4 is 10.4 Å². The maximum atomic E-state index is 12.3. The van der Waals surface area contributed by atoms with Crippen molar-refractivity contribution in [2.45, 2.75) is 6.61 Å². The van der Waals surface area contributed by atoms with Crippen LogP contribution >= 0.6 is 11.6 Å². The van der Waals surface area contributed by atoms with E-state index in [1.165, 1.54) is 22.8 Å². The van der Waals surface area contributed by atoms with Gasteiger partial charge < -0.3 is 9.72 Å². The van der Waals surface area contributed by atoms with Crippen molar-refractivity contribution in [3.63, 3.8) is 0 Å². The van der Waals surface area contributed by atoms with E-state index in [0.29, 0.717) is 21.7 Å². The first-order valence-electron chi connectivity index (χ1n) is 6.00. The Kier molecular flexibility index (Phi) is 3.39. The lowest BCUT2D eigenvalue weighted by atomic mass is 10.2. The van der Waals surface area contributed by atoms with E-state index in [0.717, 1.165) is 0 Å². The molecule has 0 aliphatic rings. The largest absolute Gasteiger partial charge is 0.435 e. The lowest BCUT2D eigenvalue weighted by molar-refractivity contribution is -0.0498. The van der Waals surface area contributed by atoms with Gasteiger partial charge in [-0.25, -0.2) is 4.79 Å². The molecule has 1 heterocycles. The fourth-order valence-electron chi connectivity index (χ4n) is 2.13. The third-order valence-electron chi connectivity index (χ3n) is 2.95. The van der Waals surface area contributed by atoms with Gasteiger partial charge in [0.05, 0.1) is 16.7 Å². The van der Waals surface area contributed by atoms with Crippen LogP contribution in [0.3, 0.4) is 0 Å². The smallest absolute Gasteiger partial charge is 0.387 e. The van der Waals surface area contributed by atoms with Crippen molar-refractivity contribution in [1.82, 2.24) is 9.55 Å². The van der Waals surface area contributed by atoms with Crippen LogP contribution in [0.1, 0.15) is 0 Å². The van der Waals surface area contributed by atoms with Crippen LogP contribution in [-0.2, 0) is 0 Å². The quantitative estimate of drug-likeness (QED) is 0.804. The van der Waals surface area contributed by atoms with Gasteiger partial charge in [-0.1, -0.05) is 17.7 Å². The monoisotopic (exact) mass is 310 g/mol. The number of fused-ring (bicyclic) bond motifs is 1. The number of nitrogens with one attached hydrogen (secondary N) is 1. The number of imidazole rings is 1. The summed E-state index contributed by atoms with van der Waals surface area (Å²) in [4.78, 5) is 14.7. The number of benzene rings is 2. The van der Waals surface area contributed by atoms with Gasteiger partial charge in [0.25, 0.3) is 0 Å². The normalized spacial score (nSPS) is 11.2. The summed E-state index contributed by atoms with van der Waals surface area (Å²) in [6, 6.07) is 10.9. The van der Waals surface area contributed by atoms with E-state index >= 15 is 0 Å². The molecule has 0 aliphatic carbocycles. The summed E-state index contributed by atoms with van der Waals surface area (Å²) in [7, 11) is 0. The van der Waals surface area contributed by atoms with E-state index < -0.39 is 6.61 Å². The minimum absolute atomic E-state index is 0.0224. The molecule has 0 aliphatic heterocycles. The molecule has 7 heteroatoms. The maximum absolute atomic E-state index is 12.3. The van der Waals surface area contributed by atoms with Gasteiger partial charge in [0.15, 0.2) is 0 Å². The molecule has 0 radical (unpaired) electrons. The molecule has 4 nitrogen and oxygen atoms in total. The van der Waals surface area contributed by atoms with Crippen LogP contribution in [0.2, 0.25) is 5.02 Å². The van der Waals surface area contributed by atoms with Gasteiger partial charge in [-0.05, 0) is 30.3 Å². The molecule has 3 aromatic rings. The second-order valence-corrected chi connectivity index (χ2v) is 4.74. The van der Waals surface area contributed by atoms with Crippen LogP contribution in [0.15, 0.2) is 47.3 Å². The molecule has 0 saturated carbocycles. The Bertz CT molecular complexity index is 858. The highest BCUT2D eigenvalue weighted by atomic mass is 35.5. The number of hydrogen-bond acceptors (Lipinski definition) is 2. The fraction of sp³-hybridized carbons (Fsp3) is 0.0714. The Morgan fingerprint density at radius 2 is 2.00 bits per heavy atom. The number of alkyl halides is 2. The molecule has 3 rings (SSSR count). The molecule has 1 N–H and O–H groups in total. The van der Waals surface area contributed by atoms with Crippen molar-refractivity contribution in [1.29, 1.82) is 0 Å². The first kappa shape index (κ1) is 13.6. The molecular formula is C14H9ClF2N2O2. The van der Waals surface area contributed by atoms with Crippen molar-refractivity contribution >= 4 is 22.6 Å². The third kappa shape index (κ3) is 2.62. The first-order valence-corrected chi connectivity index (χ1v) is 6.38. The second kappa shape index (κ2) is 5.21. The Balaban J connectivity index is 2.18. The summed E-state index contributed by atoms with van der Waals surface area (Å²) in [5.74, 6) is -0.0224. The van der Waals surface area contributed by atoms with Crippen molar-refractivity contribution < 1.29 is 13.5 Å². The Morgan fingerprint density at radius 3 is 2.76 bits per heavy atom. The summed E-state index contributed by atoms with van der Waals surface area (Å²) in [5, 5.41) is 0.468. The van der Waals surface area contributed by atoms with E-state index in [9.17, 15) is 13.6 Å². The van der Waals surface area contributed by atoms with Gasteiger partial charge in [-0.3, -0.25) is 4.57 Å². The zero-order valence-electron chi connectivity index (χ0n) is 10.5. The number of nitrogens with zero attached hydrogens (tertiary/aromatic N) is 1. The van der Waals surface area contributed by atoms with Crippen molar-refractivity contribution in [2.24, 2.45) is 0 Å². The summed E-state index contributed by atoms with van der Waals surface area (Å²) in [6.45, 7) is -2.92. The lowest BCUT2D eigenvalue weighted by Crippen LogP contribution is -2.14. The predicted octanol–water partition coefficient (Wildman–Crippen LogP) is 3.57.